The number of rotatable bonds is 8. The Labute approximate surface area is 101 Å². The fourth-order valence-electron chi connectivity index (χ4n) is 1.38. The van der Waals surface area contributed by atoms with Crippen LogP contribution in [0.15, 0.2) is 18.2 Å². The van der Waals surface area contributed by atoms with E-state index in [1.807, 2.05) is 19.1 Å². The first-order chi connectivity index (χ1) is 8.27. The molecule has 4 heteroatoms. The number of halogens is 1. The van der Waals surface area contributed by atoms with Crippen LogP contribution in [-0.4, -0.2) is 33.6 Å². The predicted octanol–water partition coefficient (Wildman–Crippen LogP) is 2.76. The van der Waals surface area contributed by atoms with E-state index in [4.69, 9.17) is 14.2 Å². The highest BCUT2D eigenvalue weighted by molar-refractivity contribution is 5.42. The molecule has 0 spiro atoms. The molecule has 1 rings (SSSR count). The Hall–Kier alpha value is -1.29. The van der Waals surface area contributed by atoms with Crippen LogP contribution in [-0.2, 0) is 4.74 Å². The van der Waals surface area contributed by atoms with Gasteiger partial charge < -0.3 is 14.2 Å². The highest BCUT2D eigenvalue weighted by Gasteiger charge is 2.05. The zero-order chi connectivity index (χ0) is 12.5. The van der Waals surface area contributed by atoms with Gasteiger partial charge in [-0.25, -0.2) is 4.39 Å². The Kier molecular flexibility index (Phi) is 6.40. The highest BCUT2D eigenvalue weighted by atomic mass is 19.1. The van der Waals surface area contributed by atoms with Crippen LogP contribution in [0.1, 0.15) is 12.0 Å². The second kappa shape index (κ2) is 7.90. The molecule has 0 amide bonds. The van der Waals surface area contributed by atoms with Gasteiger partial charge in [0.1, 0.15) is 13.3 Å². The number of methoxy groups -OCH3 is 1. The number of benzene rings is 1. The minimum Gasteiger partial charge on any atom is -0.490 e. The Morgan fingerprint density at radius 2 is 1.82 bits per heavy atom. The zero-order valence-electron chi connectivity index (χ0n) is 10.4. The third kappa shape index (κ3) is 5.04. The molecule has 0 N–H and O–H groups in total. The Morgan fingerprint density at radius 1 is 1.06 bits per heavy atom. The average Bonchev–Trinajstić information content (AvgIpc) is 2.33. The van der Waals surface area contributed by atoms with E-state index in [1.54, 1.807) is 13.2 Å². The highest BCUT2D eigenvalue weighted by Crippen LogP contribution is 2.28. The Balaban J connectivity index is 2.56. The monoisotopic (exact) mass is 242 g/mol. The number of alkyl halides is 1. The lowest BCUT2D eigenvalue weighted by molar-refractivity contribution is 0.169. The largest absolute Gasteiger partial charge is 0.490 e. The van der Waals surface area contributed by atoms with Crippen molar-refractivity contribution in [3.63, 3.8) is 0 Å². The molecule has 96 valence electrons. The van der Waals surface area contributed by atoms with Gasteiger partial charge in [-0.2, -0.15) is 0 Å². The molecule has 0 fully saturated rings. The fourth-order valence-corrected chi connectivity index (χ4v) is 1.38. The molecule has 1 aromatic carbocycles. The lowest BCUT2D eigenvalue weighted by atomic mass is 10.2. The van der Waals surface area contributed by atoms with Gasteiger partial charge in [0.15, 0.2) is 11.5 Å². The molecule has 0 heterocycles. The number of hydrogen-bond donors (Lipinski definition) is 0. The van der Waals surface area contributed by atoms with Crippen molar-refractivity contribution in [1.29, 1.82) is 0 Å². The van der Waals surface area contributed by atoms with Crippen molar-refractivity contribution in [2.24, 2.45) is 0 Å². The van der Waals surface area contributed by atoms with Crippen LogP contribution >= 0.6 is 0 Å². The van der Waals surface area contributed by atoms with Crippen molar-refractivity contribution in [2.75, 3.05) is 33.6 Å². The molecule has 0 bridgehead atoms. The van der Waals surface area contributed by atoms with Crippen LogP contribution in [0.3, 0.4) is 0 Å². The number of aryl methyl sites for hydroxylation is 1. The van der Waals surface area contributed by atoms with E-state index in [1.165, 1.54) is 0 Å². The first kappa shape index (κ1) is 13.8. The van der Waals surface area contributed by atoms with E-state index in [-0.39, 0.29) is 6.61 Å². The van der Waals surface area contributed by atoms with Crippen molar-refractivity contribution in [1.82, 2.24) is 0 Å². The van der Waals surface area contributed by atoms with Gasteiger partial charge in [0.05, 0.1) is 6.61 Å². The van der Waals surface area contributed by atoms with Gasteiger partial charge in [-0.15, -0.1) is 0 Å². The van der Waals surface area contributed by atoms with Crippen molar-refractivity contribution in [2.45, 2.75) is 13.3 Å². The lowest BCUT2D eigenvalue weighted by Gasteiger charge is -2.12. The fraction of sp³-hybridized carbons (Fsp3) is 0.538. The minimum absolute atomic E-state index is 0.0531. The van der Waals surface area contributed by atoms with Gasteiger partial charge in [-0.3, -0.25) is 0 Å². The van der Waals surface area contributed by atoms with E-state index < -0.39 is 6.67 Å². The molecule has 0 aromatic heterocycles. The smallest absolute Gasteiger partial charge is 0.161 e. The Morgan fingerprint density at radius 3 is 2.53 bits per heavy atom. The van der Waals surface area contributed by atoms with Crippen molar-refractivity contribution >= 4 is 0 Å². The maximum Gasteiger partial charge on any atom is 0.161 e. The van der Waals surface area contributed by atoms with Crippen molar-refractivity contribution in [3.8, 4) is 11.5 Å². The average molecular weight is 242 g/mol. The zero-order valence-corrected chi connectivity index (χ0v) is 10.4. The maximum atomic E-state index is 12.1. The summed E-state index contributed by atoms with van der Waals surface area (Å²) < 4.78 is 27.9. The van der Waals surface area contributed by atoms with Gasteiger partial charge in [-0.05, 0) is 24.6 Å². The minimum atomic E-state index is -0.503. The summed E-state index contributed by atoms with van der Waals surface area (Å²) in [5.41, 5.74) is 1.08. The second-order valence-electron chi connectivity index (χ2n) is 3.68. The molecule has 17 heavy (non-hydrogen) atoms. The summed E-state index contributed by atoms with van der Waals surface area (Å²) in [6.07, 6.45) is 0.812. The molecule has 0 atom stereocenters. The van der Waals surface area contributed by atoms with Gasteiger partial charge in [0.2, 0.25) is 0 Å². The SMILES string of the molecule is COCCCOc1cc(C)ccc1OCCF. The molecule has 0 aliphatic rings. The van der Waals surface area contributed by atoms with E-state index in [0.717, 1.165) is 12.0 Å². The summed E-state index contributed by atoms with van der Waals surface area (Å²) in [5.74, 6) is 1.25. The van der Waals surface area contributed by atoms with E-state index in [0.29, 0.717) is 24.7 Å². The first-order valence-corrected chi connectivity index (χ1v) is 5.69. The molecule has 0 saturated heterocycles. The topological polar surface area (TPSA) is 27.7 Å². The van der Waals surface area contributed by atoms with Crippen LogP contribution in [0.4, 0.5) is 4.39 Å². The molecule has 1 aromatic rings. The van der Waals surface area contributed by atoms with Crippen LogP contribution in [0.5, 0.6) is 11.5 Å². The van der Waals surface area contributed by atoms with Gasteiger partial charge in [-0.1, -0.05) is 6.07 Å². The predicted molar refractivity (Wildman–Crippen MR) is 64.6 cm³/mol. The molecule has 0 aliphatic carbocycles. The standard InChI is InChI=1S/C13H19FO3/c1-11-4-5-12(17-9-6-14)13(10-11)16-8-3-7-15-2/h4-5,10H,3,6-9H2,1-2H3. The molecule has 0 aliphatic heterocycles. The maximum absolute atomic E-state index is 12.1. The van der Waals surface area contributed by atoms with Crippen LogP contribution in [0.25, 0.3) is 0 Å². The van der Waals surface area contributed by atoms with Crippen molar-refractivity contribution in [3.05, 3.63) is 23.8 Å². The summed E-state index contributed by atoms with van der Waals surface area (Å²) >= 11 is 0. The molecule has 0 saturated carbocycles. The second-order valence-corrected chi connectivity index (χ2v) is 3.68. The molecular formula is C13H19FO3. The summed E-state index contributed by atoms with van der Waals surface area (Å²) in [6, 6.07) is 5.60. The quantitative estimate of drug-likeness (QED) is 0.656. The normalized spacial score (nSPS) is 10.3. The van der Waals surface area contributed by atoms with E-state index in [2.05, 4.69) is 0 Å². The summed E-state index contributed by atoms with van der Waals surface area (Å²) in [7, 11) is 1.66. The van der Waals surface area contributed by atoms with Crippen LogP contribution in [0, 0.1) is 6.92 Å². The molecule has 3 nitrogen and oxygen atoms in total. The summed E-state index contributed by atoms with van der Waals surface area (Å²) in [4.78, 5) is 0. The van der Waals surface area contributed by atoms with Gasteiger partial charge >= 0.3 is 0 Å². The third-order valence-electron chi connectivity index (χ3n) is 2.18. The summed E-state index contributed by atoms with van der Waals surface area (Å²) in [6.45, 7) is 2.74. The molecular weight excluding hydrogens is 223 g/mol. The Bertz CT molecular complexity index is 328. The van der Waals surface area contributed by atoms with Crippen molar-refractivity contribution < 1.29 is 18.6 Å². The summed E-state index contributed by atoms with van der Waals surface area (Å²) in [5, 5.41) is 0. The number of hydrogen-bond acceptors (Lipinski definition) is 3. The van der Waals surface area contributed by atoms with Gasteiger partial charge in [0.25, 0.3) is 0 Å². The third-order valence-corrected chi connectivity index (χ3v) is 2.18. The number of ether oxygens (including phenoxy) is 3. The van der Waals surface area contributed by atoms with Gasteiger partial charge in [0, 0.05) is 20.1 Å². The van der Waals surface area contributed by atoms with Crippen LogP contribution < -0.4 is 9.47 Å². The van der Waals surface area contributed by atoms with Crippen LogP contribution in [0.2, 0.25) is 0 Å². The lowest BCUT2D eigenvalue weighted by Crippen LogP contribution is -2.05. The first-order valence-electron chi connectivity index (χ1n) is 5.69. The molecule has 0 radical (unpaired) electrons. The van der Waals surface area contributed by atoms with E-state index in [9.17, 15) is 4.39 Å². The van der Waals surface area contributed by atoms with E-state index >= 15 is 0 Å². The molecule has 0 unspecified atom stereocenters.